The molecule has 0 fully saturated rings. The predicted octanol–water partition coefficient (Wildman–Crippen LogP) is -2.10. The van der Waals surface area contributed by atoms with Crippen molar-refractivity contribution in [1.82, 2.24) is 0 Å². The zero-order valence-corrected chi connectivity index (χ0v) is 15.9. The average Bonchev–Trinajstić information content (AvgIpc) is 2.74. The molecule has 0 aromatic heterocycles. The van der Waals surface area contributed by atoms with Gasteiger partial charge in [-0.15, -0.1) is 18.4 Å². The molecule has 0 bridgehead atoms. The van der Waals surface area contributed by atoms with Crippen LogP contribution in [0, 0.1) is 24.7 Å². The minimum absolute atomic E-state index is 0. The Morgan fingerprint density at radius 2 is 1.73 bits per heavy atom. The number of carbonyl (C=O) groups is 1. The maximum Gasteiger partial charge on any atom is 3.00 e. The fourth-order valence-electron chi connectivity index (χ4n) is 3.51. The summed E-state index contributed by atoms with van der Waals surface area (Å²) in [5, 5.41) is 7.49. The first kappa shape index (κ1) is 23.9. The number of fused-ring (bicyclic) bond motifs is 1. The van der Waals surface area contributed by atoms with E-state index in [0.29, 0.717) is 0 Å². The van der Waals surface area contributed by atoms with E-state index in [9.17, 15) is 0 Å². The molecule has 0 spiro atoms. The second-order valence-electron chi connectivity index (χ2n) is 5.41. The maximum atomic E-state index is 9.13. The Hall–Kier alpha value is -0.326. The van der Waals surface area contributed by atoms with Crippen molar-refractivity contribution in [3.63, 3.8) is 0 Å². The van der Waals surface area contributed by atoms with E-state index in [1.165, 1.54) is 50.9 Å². The van der Waals surface area contributed by atoms with Gasteiger partial charge in [0.05, 0.1) is 0 Å². The fraction of sp³-hybridized carbons (Fsp3) is 0.529. The molecule has 1 unspecified atom stereocenters. The minimum Gasteiger partial charge on any atom is -1.00 e. The number of carboxylic acids is 1. The molecule has 3 aliphatic rings. The molecule has 1 N–H and O–H groups in total. The van der Waals surface area contributed by atoms with Gasteiger partial charge in [-0.2, -0.15) is 5.57 Å². The van der Waals surface area contributed by atoms with E-state index < -0.39 is 5.97 Å². The summed E-state index contributed by atoms with van der Waals surface area (Å²) in [7, 11) is 0. The summed E-state index contributed by atoms with van der Waals surface area (Å²) < 4.78 is 0. The second kappa shape index (κ2) is 11.2. The van der Waals surface area contributed by atoms with E-state index in [-0.39, 0.29) is 46.5 Å². The molecule has 0 amide bonds. The quantitative estimate of drug-likeness (QED) is 0.299. The van der Waals surface area contributed by atoms with Crippen LogP contribution in [0.5, 0.6) is 0 Å². The topological polar surface area (TPSA) is 37.3 Å². The molecular weight excluding hydrogens is 355 g/mol. The maximum absolute atomic E-state index is 9.13. The van der Waals surface area contributed by atoms with Crippen LogP contribution < -0.4 is 24.8 Å². The molecule has 0 aromatic carbocycles. The van der Waals surface area contributed by atoms with E-state index in [1.807, 2.05) is 0 Å². The first-order valence-corrected chi connectivity index (χ1v) is 7.13. The normalized spacial score (nSPS) is 21.2. The van der Waals surface area contributed by atoms with Crippen LogP contribution in [0.3, 0.4) is 0 Å². The SMILES string of the molecule is C#CC(=O)O.CC1C2=C(CCC[CH-]2)C2=C1CCCC2.[Cl-].[Cl-].[Ti+3]. The van der Waals surface area contributed by atoms with E-state index in [1.54, 1.807) is 22.3 Å². The Labute approximate surface area is 160 Å². The Morgan fingerprint density at radius 3 is 2.32 bits per heavy atom. The van der Waals surface area contributed by atoms with Crippen molar-refractivity contribution in [3.8, 4) is 12.3 Å². The zero-order chi connectivity index (χ0) is 13.8. The Balaban J connectivity index is 0. The molecule has 0 heterocycles. The van der Waals surface area contributed by atoms with Crippen molar-refractivity contribution < 1.29 is 56.4 Å². The minimum atomic E-state index is -1.22. The zero-order valence-electron chi connectivity index (χ0n) is 12.8. The number of hydrogen-bond donors (Lipinski definition) is 1. The van der Waals surface area contributed by atoms with Crippen molar-refractivity contribution in [1.29, 1.82) is 0 Å². The summed E-state index contributed by atoms with van der Waals surface area (Å²) in [6, 6.07) is 0. The number of aliphatic carboxylic acids is 1. The van der Waals surface area contributed by atoms with E-state index >= 15 is 0 Å². The number of terminal acetylenes is 1. The first-order chi connectivity index (χ1) is 9.15. The number of halogens is 2. The first-order valence-electron chi connectivity index (χ1n) is 7.13. The van der Waals surface area contributed by atoms with Crippen molar-refractivity contribution in [2.24, 2.45) is 5.92 Å². The van der Waals surface area contributed by atoms with Crippen LogP contribution in [0.25, 0.3) is 0 Å². The van der Waals surface area contributed by atoms with E-state index in [0.717, 1.165) is 5.92 Å². The third kappa shape index (κ3) is 5.39. The monoisotopic (exact) mass is 375 g/mol. The van der Waals surface area contributed by atoms with Gasteiger partial charge < -0.3 is 29.9 Å². The fourth-order valence-corrected chi connectivity index (χ4v) is 3.51. The number of carboxylic acid groups (broad SMARTS) is 1. The molecule has 119 valence electrons. The van der Waals surface area contributed by atoms with Crippen LogP contribution in [-0.4, -0.2) is 11.1 Å². The molecule has 1 radical (unpaired) electrons. The summed E-state index contributed by atoms with van der Waals surface area (Å²) >= 11 is 0. The van der Waals surface area contributed by atoms with Gasteiger partial charge in [-0.25, -0.2) is 16.8 Å². The number of rotatable bonds is 0. The summed E-state index contributed by atoms with van der Waals surface area (Å²) in [5.74, 6) is 1.01. The Bertz CT molecular complexity index is 457. The summed E-state index contributed by atoms with van der Waals surface area (Å²) in [4.78, 5) is 9.13. The third-order valence-corrected chi connectivity index (χ3v) is 4.33. The summed E-state index contributed by atoms with van der Waals surface area (Å²) in [6.07, 6.45) is 16.6. The molecule has 3 aliphatic carbocycles. The van der Waals surface area contributed by atoms with Crippen LogP contribution >= 0.6 is 0 Å². The molecule has 3 rings (SSSR count). The smallest absolute Gasteiger partial charge is 1.00 e. The molecule has 5 heteroatoms. The van der Waals surface area contributed by atoms with Crippen LogP contribution in [0.4, 0.5) is 0 Å². The Morgan fingerprint density at radius 1 is 1.18 bits per heavy atom. The van der Waals surface area contributed by atoms with Gasteiger partial charge in [0, 0.05) is 5.92 Å². The van der Waals surface area contributed by atoms with Gasteiger partial charge in [-0.1, -0.05) is 31.8 Å². The molecule has 0 saturated carbocycles. The number of allylic oxidation sites excluding steroid dienone is 4. The molecular formula is C17H21Cl2O2Ti. The third-order valence-electron chi connectivity index (χ3n) is 4.33. The number of hydrogen-bond acceptors (Lipinski definition) is 1. The second-order valence-corrected chi connectivity index (χ2v) is 5.41. The molecule has 0 aliphatic heterocycles. The van der Waals surface area contributed by atoms with Gasteiger partial charge in [0.25, 0.3) is 0 Å². The van der Waals surface area contributed by atoms with Gasteiger partial charge in [0.2, 0.25) is 0 Å². The average molecular weight is 376 g/mol. The standard InChI is InChI=1S/C14H19.C3H2O2.2ClH.Ti/c1-10-11-6-2-4-8-13(11)14-9-5-3-7-12(10)14;1-2-3(4)5;;;/h6,10H,2-5,7-9H2,1H3;1H,(H,4,5);2*1H;/q-1;;;;+3/p-2. The van der Waals surface area contributed by atoms with Gasteiger partial charge in [0.15, 0.2) is 0 Å². The van der Waals surface area contributed by atoms with Gasteiger partial charge in [-0.05, 0) is 25.2 Å². The van der Waals surface area contributed by atoms with Crippen LogP contribution in [0.1, 0.15) is 51.9 Å². The molecule has 0 saturated heterocycles. The van der Waals surface area contributed by atoms with Crippen molar-refractivity contribution in [2.75, 3.05) is 0 Å². The molecule has 2 nitrogen and oxygen atoms in total. The summed E-state index contributed by atoms with van der Waals surface area (Å²) in [5.41, 5.74) is 7.07. The molecule has 1 atom stereocenters. The van der Waals surface area contributed by atoms with Crippen LogP contribution in [-0.2, 0) is 26.5 Å². The van der Waals surface area contributed by atoms with Crippen LogP contribution in [0.15, 0.2) is 22.3 Å². The van der Waals surface area contributed by atoms with E-state index in [4.69, 9.17) is 9.90 Å². The van der Waals surface area contributed by atoms with Gasteiger partial charge in [-0.3, -0.25) is 0 Å². The predicted molar refractivity (Wildman–Crippen MR) is 76.3 cm³/mol. The van der Waals surface area contributed by atoms with Crippen molar-refractivity contribution >= 4 is 5.97 Å². The Kier molecular flexibility index (Phi) is 12.2. The largest absolute Gasteiger partial charge is 3.00 e. The van der Waals surface area contributed by atoms with Crippen LogP contribution in [0.2, 0.25) is 0 Å². The van der Waals surface area contributed by atoms with Crippen molar-refractivity contribution in [3.05, 3.63) is 28.7 Å². The molecule has 22 heavy (non-hydrogen) atoms. The van der Waals surface area contributed by atoms with Gasteiger partial charge >= 0.3 is 27.7 Å². The van der Waals surface area contributed by atoms with Gasteiger partial charge in [0.1, 0.15) is 0 Å². The summed E-state index contributed by atoms with van der Waals surface area (Å²) in [6.45, 7) is 2.42. The van der Waals surface area contributed by atoms with Crippen molar-refractivity contribution in [2.45, 2.75) is 51.9 Å². The molecule has 0 aromatic rings. The van der Waals surface area contributed by atoms with E-state index in [2.05, 4.69) is 19.8 Å².